The van der Waals surface area contributed by atoms with Crippen molar-refractivity contribution < 1.29 is 9.84 Å². The van der Waals surface area contributed by atoms with E-state index in [1.54, 1.807) is 25.6 Å². The third-order valence-electron chi connectivity index (χ3n) is 4.89. The number of hydrogen-bond acceptors (Lipinski definition) is 9. The number of nitrogens with zero attached hydrogens (tertiary/aromatic N) is 4. The molecule has 0 aliphatic carbocycles. The highest BCUT2D eigenvalue weighted by atomic mass is 32.1. The van der Waals surface area contributed by atoms with Crippen molar-refractivity contribution in [1.82, 2.24) is 25.3 Å². The fraction of sp³-hybridized carbons (Fsp3) is 0.273. The first-order valence-electron chi connectivity index (χ1n) is 10.00. The molecule has 160 valence electrons. The number of aliphatic hydroxyl groups excluding tert-OH is 1. The average Bonchev–Trinajstić information content (AvgIpc) is 3.30. The van der Waals surface area contributed by atoms with Gasteiger partial charge in [-0.25, -0.2) is 15.0 Å². The van der Waals surface area contributed by atoms with Crippen LogP contribution in [0.2, 0.25) is 0 Å². The molecule has 4 heterocycles. The van der Waals surface area contributed by atoms with E-state index in [0.717, 1.165) is 27.8 Å². The summed E-state index contributed by atoms with van der Waals surface area (Å²) in [5.41, 5.74) is 3.33. The van der Waals surface area contributed by atoms with Crippen molar-refractivity contribution in [2.45, 2.75) is 32.2 Å². The molecule has 0 bridgehead atoms. The van der Waals surface area contributed by atoms with Crippen LogP contribution >= 0.6 is 11.3 Å². The second-order valence-electron chi connectivity index (χ2n) is 6.95. The van der Waals surface area contributed by atoms with Crippen molar-refractivity contribution in [1.29, 1.82) is 0 Å². The van der Waals surface area contributed by atoms with Crippen LogP contribution in [0.15, 0.2) is 54.3 Å². The Balaban J connectivity index is 1.54. The van der Waals surface area contributed by atoms with Crippen LogP contribution in [0, 0.1) is 0 Å². The van der Waals surface area contributed by atoms with Gasteiger partial charge in [0.1, 0.15) is 11.9 Å². The number of aliphatic hydroxyl groups is 1. The van der Waals surface area contributed by atoms with Crippen LogP contribution in [-0.2, 0) is 6.54 Å². The Kier molecular flexibility index (Phi) is 6.66. The fourth-order valence-corrected chi connectivity index (χ4v) is 4.09. The molecule has 4 aromatic rings. The summed E-state index contributed by atoms with van der Waals surface area (Å²) in [6, 6.07) is 9.58. The Morgan fingerprint density at radius 2 is 2.06 bits per heavy atom. The molecular weight excluding hydrogens is 412 g/mol. The Bertz CT molecular complexity index is 1120. The summed E-state index contributed by atoms with van der Waals surface area (Å²) in [4.78, 5) is 17.7. The van der Waals surface area contributed by atoms with Crippen LogP contribution in [-0.4, -0.2) is 32.2 Å². The first kappa shape index (κ1) is 21.1. The quantitative estimate of drug-likeness (QED) is 0.340. The Morgan fingerprint density at radius 1 is 1.16 bits per heavy atom. The Hall–Kier alpha value is -3.14. The molecule has 3 N–H and O–H groups in total. The number of methoxy groups -OCH3 is 1. The van der Waals surface area contributed by atoms with E-state index >= 15 is 0 Å². The van der Waals surface area contributed by atoms with Crippen LogP contribution in [0.3, 0.4) is 0 Å². The number of hydrogen-bond donors (Lipinski definition) is 3. The number of ether oxygens (including phenoxy) is 1. The normalized spacial score (nSPS) is 13.1. The molecule has 0 aromatic carbocycles. The van der Waals surface area contributed by atoms with E-state index in [4.69, 9.17) is 4.74 Å². The molecule has 0 saturated heterocycles. The van der Waals surface area contributed by atoms with E-state index in [-0.39, 0.29) is 6.04 Å². The summed E-state index contributed by atoms with van der Waals surface area (Å²) in [6.45, 7) is 2.53. The highest BCUT2D eigenvalue weighted by Gasteiger charge is 2.18. The lowest BCUT2D eigenvalue weighted by molar-refractivity contribution is 0.134. The van der Waals surface area contributed by atoms with Gasteiger partial charge in [0.25, 0.3) is 0 Å². The van der Waals surface area contributed by atoms with Crippen molar-refractivity contribution in [3.8, 4) is 5.88 Å². The molecule has 0 amide bonds. The van der Waals surface area contributed by atoms with E-state index in [1.807, 2.05) is 35.8 Å². The minimum atomic E-state index is -0.953. The van der Waals surface area contributed by atoms with Crippen LogP contribution < -0.4 is 15.4 Å². The van der Waals surface area contributed by atoms with Gasteiger partial charge in [-0.3, -0.25) is 10.3 Å². The molecule has 31 heavy (non-hydrogen) atoms. The van der Waals surface area contributed by atoms with Gasteiger partial charge in [-0.2, -0.15) is 0 Å². The molecule has 4 rings (SSSR count). The molecule has 2 unspecified atom stereocenters. The van der Waals surface area contributed by atoms with Gasteiger partial charge >= 0.3 is 0 Å². The van der Waals surface area contributed by atoms with Gasteiger partial charge in [-0.1, -0.05) is 19.1 Å². The molecular formula is C22H24N6O2S. The zero-order valence-electron chi connectivity index (χ0n) is 17.3. The monoisotopic (exact) mass is 436 g/mol. The van der Waals surface area contributed by atoms with Crippen molar-refractivity contribution in [3.63, 3.8) is 0 Å². The maximum absolute atomic E-state index is 10.9. The van der Waals surface area contributed by atoms with Gasteiger partial charge < -0.3 is 15.2 Å². The third-order valence-corrected chi connectivity index (χ3v) is 5.82. The average molecular weight is 437 g/mol. The number of rotatable bonds is 9. The van der Waals surface area contributed by atoms with Crippen LogP contribution in [0.1, 0.15) is 42.4 Å². The number of aromatic nitrogens is 4. The third kappa shape index (κ3) is 4.96. The summed E-state index contributed by atoms with van der Waals surface area (Å²) in [6.07, 6.45) is 5.20. The Morgan fingerprint density at radius 3 is 2.77 bits per heavy atom. The van der Waals surface area contributed by atoms with Crippen LogP contribution in [0.4, 0.5) is 5.95 Å². The van der Waals surface area contributed by atoms with Crippen LogP contribution in [0.25, 0.3) is 10.2 Å². The molecule has 2 atom stereocenters. The minimum Gasteiger partial charge on any atom is -0.481 e. The lowest BCUT2D eigenvalue weighted by Crippen LogP contribution is -2.22. The molecule has 0 aliphatic heterocycles. The minimum absolute atomic E-state index is 0.0214. The molecule has 8 nitrogen and oxygen atoms in total. The first-order chi connectivity index (χ1) is 15.2. The zero-order valence-corrected chi connectivity index (χ0v) is 18.1. The highest BCUT2D eigenvalue weighted by Crippen LogP contribution is 2.29. The van der Waals surface area contributed by atoms with Crippen LogP contribution in [0.5, 0.6) is 5.88 Å². The second kappa shape index (κ2) is 9.78. The number of thiophene rings is 1. The summed E-state index contributed by atoms with van der Waals surface area (Å²) in [7, 11) is 1.58. The maximum Gasteiger partial charge on any atom is 0.224 e. The van der Waals surface area contributed by atoms with Gasteiger partial charge in [0.15, 0.2) is 0 Å². The first-order valence-corrected chi connectivity index (χ1v) is 10.9. The van der Waals surface area contributed by atoms with E-state index < -0.39 is 6.23 Å². The summed E-state index contributed by atoms with van der Waals surface area (Å²) in [5.74, 6) is 1.03. The van der Waals surface area contributed by atoms with E-state index in [1.165, 1.54) is 11.3 Å². The largest absolute Gasteiger partial charge is 0.481 e. The standard InChI is InChI=1S/C22H24N6O2S/c1-3-16(15-5-4-9-23-13-15)26-22-27-17-8-10-31-20(17)19(28-22)21(29)25-12-14-6-7-18(30-2)24-11-14/h4-11,13,16,21,25,29H,3,12H2,1-2H3,(H,26,27,28). The van der Waals surface area contributed by atoms with E-state index in [0.29, 0.717) is 24.1 Å². The smallest absolute Gasteiger partial charge is 0.224 e. The van der Waals surface area contributed by atoms with Crippen molar-refractivity contribution in [2.75, 3.05) is 12.4 Å². The second-order valence-corrected chi connectivity index (χ2v) is 7.87. The summed E-state index contributed by atoms with van der Waals surface area (Å²) >= 11 is 1.51. The maximum atomic E-state index is 10.9. The molecule has 4 aromatic heterocycles. The SMILES string of the molecule is CCC(Nc1nc(C(O)NCc2ccc(OC)nc2)c2sccc2n1)c1cccnc1. The van der Waals surface area contributed by atoms with E-state index in [9.17, 15) is 5.11 Å². The van der Waals surface area contributed by atoms with Crippen molar-refractivity contribution in [3.05, 3.63) is 71.1 Å². The lowest BCUT2D eigenvalue weighted by Gasteiger charge is -2.19. The molecule has 0 fully saturated rings. The molecule has 0 spiro atoms. The highest BCUT2D eigenvalue weighted by molar-refractivity contribution is 7.17. The van der Waals surface area contributed by atoms with E-state index in [2.05, 4.69) is 37.5 Å². The number of fused-ring (bicyclic) bond motifs is 1. The topological polar surface area (TPSA) is 105 Å². The Labute approximate surface area is 184 Å². The summed E-state index contributed by atoms with van der Waals surface area (Å²) < 4.78 is 5.94. The number of nitrogens with one attached hydrogen (secondary N) is 2. The zero-order chi connectivity index (χ0) is 21.6. The van der Waals surface area contributed by atoms with Gasteiger partial charge in [0.05, 0.1) is 23.4 Å². The molecule has 0 aliphatic rings. The molecule has 0 radical (unpaired) electrons. The predicted molar refractivity (Wildman–Crippen MR) is 121 cm³/mol. The lowest BCUT2D eigenvalue weighted by atomic mass is 10.1. The van der Waals surface area contributed by atoms with Gasteiger partial charge in [-0.15, -0.1) is 11.3 Å². The number of pyridine rings is 2. The van der Waals surface area contributed by atoms with Crippen molar-refractivity contribution >= 4 is 27.5 Å². The summed E-state index contributed by atoms with van der Waals surface area (Å²) in [5, 5.41) is 19.3. The molecule has 9 heteroatoms. The van der Waals surface area contributed by atoms with Gasteiger partial charge in [0.2, 0.25) is 11.8 Å². The van der Waals surface area contributed by atoms with Gasteiger partial charge in [-0.05, 0) is 35.1 Å². The fourth-order valence-electron chi connectivity index (χ4n) is 3.24. The van der Waals surface area contributed by atoms with Crippen molar-refractivity contribution in [2.24, 2.45) is 0 Å². The molecule has 0 saturated carbocycles. The van der Waals surface area contributed by atoms with Gasteiger partial charge in [0, 0.05) is 31.2 Å². The predicted octanol–water partition coefficient (Wildman–Crippen LogP) is 3.83. The number of anilines is 1.